The number of aryl methyl sites for hydroxylation is 1. The van der Waals surface area contributed by atoms with E-state index in [-0.39, 0.29) is 0 Å². The molecular weight excluding hydrogens is 328 g/mol. The van der Waals surface area contributed by atoms with Crippen LogP contribution in [-0.4, -0.2) is 15.4 Å². The zero-order valence-electron chi connectivity index (χ0n) is 15.1. The average molecular weight is 355 g/mol. The van der Waals surface area contributed by atoms with Crippen molar-refractivity contribution in [1.82, 2.24) is 0 Å². The van der Waals surface area contributed by atoms with Gasteiger partial charge in [-0.2, -0.15) is 0 Å². The molecule has 1 N–H and O–H groups in total. The van der Waals surface area contributed by atoms with Crippen LogP contribution in [0.15, 0.2) is 82.6 Å². The van der Waals surface area contributed by atoms with Crippen LogP contribution < -0.4 is 0 Å². The first-order valence-electron chi connectivity index (χ1n) is 8.56. The lowest BCUT2D eigenvalue weighted by Crippen LogP contribution is -2.09. The van der Waals surface area contributed by atoms with Gasteiger partial charge in [0.1, 0.15) is 0 Å². The molecule has 2 aromatic carbocycles. The van der Waals surface area contributed by atoms with Gasteiger partial charge in [-0.25, -0.2) is 4.21 Å². The predicted molar refractivity (Wildman–Crippen MR) is 106 cm³/mol. The van der Waals surface area contributed by atoms with Crippen LogP contribution in [0, 0.1) is 12.8 Å². The average Bonchev–Trinajstić information content (AvgIpc) is 2.59. The Kier molecular flexibility index (Phi) is 7.35. The molecule has 0 saturated heterocycles. The molecule has 3 heteroatoms. The summed E-state index contributed by atoms with van der Waals surface area (Å²) in [7, 11) is -1.31. The normalized spacial score (nSPS) is 14.8. The molecule has 2 aromatic rings. The van der Waals surface area contributed by atoms with E-state index in [9.17, 15) is 9.32 Å². The minimum absolute atomic E-state index is 0.352. The van der Waals surface area contributed by atoms with Crippen molar-refractivity contribution < 1.29 is 9.32 Å². The smallest absolute Gasteiger partial charge is 0.0847 e. The molecule has 0 saturated carbocycles. The van der Waals surface area contributed by atoms with E-state index < -0.39 is 16.9 Å². The van der Waals surface area contributed by atoms with Gasteiger partial charge in [0.25, 0.3) is 0 Å². The van der Waals surface area contributed by atoms with Crippen LogP contribution in [0.2, 0.25) is 0 Å². The Morgan fingerprint density at radius 2 is 1.72 bits per heavy atom. The predicted octanol–water partition coefficient (Wildman–Crippen LogP) is 4.80. The fourth-order valence-corrected chi connectivity index (χ4v) is 3.51. The fourth-order valence-electron chi connectivity index (χ4n) is 2.37. The second kappa shape index (κ2) is 9.50. The fraction of sp³-hybridized carbons (Fsp3) is 0.273. The lowest BCUT2D eigenvalue weighted by atomic mass is 10.1. The molecule has 0 aliphatic carbocycles. The largest absolute Gasteiger partial charge is 0.389 e. The number of allylic oxidation sites excluding steroid dienone is 2. The summed E-state index contributed by atoms with van der Waals surface area (Å²) >= 11 is 0. The molecule has 0 aliphatic heterocycles. The van der Waals surface area contributed by atoms with Crippen molar-refractivity contribution in [2.75, 3.05) is 0 Å². The summed E-state index contributed by atoms with van der Waals surface area (Å²) in [5, 5.41) is 10.4. The molecule has 0 amide bonds. The van der Waals surface area contributed by atoms with E-state index in [1.165, 1.54) is 0 Å². The molecule has 1 unspecified atom stereocenters. The van der Waals surface area contributed by atoms with Crippen LogP contribution >= 0.6 is 0 Å². The molecule has 0 fully saturated rings. The SMILES string of the molecule is Cc1ccc(S(=O)C(=C\[C@@H](O)Cc2ccccc2)/C=C/C(C)C)cc1. The van der Waals surface area contributed by atoms with Crippen LogP contribution in [0.3, 0.4) is 0 Å². The number of aliphatic hydroxyl groups excluding tert-OH is 1. The minimum atomic E-state index is -1.31. The third-order valence-electron chi connectivity index (χ3n) is 3.74. The van der Waals surface area contributed by atoms with E-state index in [2.05, 4.69) is 13.8 Å². The topological polar surface area (TPSA) is 37.3 Å². The molecule has 2 rings (SSSR count). The maximum atomic E-state index is 12.9. The summed E-state index contributed by atoms with van der Waals surface area (Å²) in [6, 6.07) is 17.5. The highest BCUT2D eigenvalue weighted by molar-refractivity contribution is 7.89. The summed E-state index contributed by atoms with van der Waals surface area (Å²) in [5.74, 6) is 0.352. The van der Waals surface area contributed by atoms with Crippen molar-refractivity contribution in [3.63, 3.8) is 0 Å². The molecule has 25 heavy (non-hydrogen) atoms. The first-order chi connectivity index (χ1) is 12.0. The van der Waals surface area contributed by atoms with Crippen molar-refractivity contribution in [2.24, 2.45) is 5.92 Å². The van der Waals surface area contributed by atoms with Crippen molar-refractivity contribution in [3.05, 3.63) is 88.9 Å². The Bertz CT molecular complexity index is 743. The molecule has 0 spiro atoms. The summed E-state index contributed by atoms with van der Waals surface area (Å²) in [6.07, 6.45) is 5.41. The Balaban J connectivity index is 2.24. The van der Waals surface area contributed by atoms with Gasteiger partial charge in [-0.15, -0.1) is 0 Å². The summed E-state index contributed by atoms with van der Waals surface area (Å²) in [6.45, 7) is 6.15. The van der Waals surface area contributed by atoms with Crippen LogP contribution in [0.1, 0.15) is 25.0 Å². The minimum Gasteiger partial charge on any atom is -0.389 e. The van der Waals surface area contributed by atoms with Gasteiger partial charge >= 0.3 is 0 Å². The van der Waals surface area contributed by atoms with Gasteiger partial charge in [-0.05, 0) is 42.7 Å². The molecule has 0 bridgehead atoms. The van der Waals surface area contributed by atoms with E-state index in [0.29, 0.717) is 17.2 Å². The van der Waals surface area contributed by atoms with Crippen molar-refractivity contribution in [3.8, 4) is 0 Å². The molecule has 0 radical (unpaired) electrons. The molecule has 132 valence electrons. The first kappa shape index (κ1) is 19.4. The number of aliphatic hydroxyl groups is 1. The van der Waals surface area contributed by atoms with E-state index in [4.69, 9.17) is 0 Å². The molecule has 0 heterocycles. The zero-order chi connectivity index (χ0) is 18.2. The van der Waals surface area contributed by atoms with Crippen molar-refractivity contribution in [2.45, 2.75) is 38.2 Å². The Morgan fingerprint density at radius 1 is 1.08 bits per heavy atom. The Morgan fingerprint density at radius 3 is 2.32 bits per heavy atom. The van der Waals surface area contributed by atoms with E-state index in [1.54, 1.807) is 6.08 Å². The monoisotopic (exact) mass is 354 g/mol. The number of benzene rings is 2. The quantitative estimate of drug-likeness (QED) is 0.725. The zero-order valence-corrected chi connectivity index (χ0v) is 15.9. The second-order valence-electron chi connectivity index (χ2n) is 6.51. The molecule has 2 atom stereocenters. The van der Waals surface area contributed by atoms with Gasteiger partial charge in [0, 0.05) is 16.2 Å². The molecule has 0 aliphatic rings. The van der Waals surface area contributed by atoms with Crippen LogP contribution in [-0.2, 0) is 17.2 Å². The van der Waals surface area contributed by atoms with Crippen LogP contribution in [0.4, 0.5) is 0 Å². The summed E-state index contributed by atoms with van der Waals surface area (Å²) in [4.78, 5) is 1.39. The van der Waals surface area contributed by atoms with E-state index >= 15 is 0 Å². The van der Waals surface area contributed by atoms with Gasteiger partial charge in [-0.3, -0.25) is 0 Å². The highest BCUT2D eigenvalue weighted by Gasteiger charge is 2.11. The van der Waals surface area contributed by atoms with Gasteiger partial charge in [0.15, 0.2) is 0 Å². The maximum Gasteiger partial charge on any atom is 0.0847 e. The Labute approximate surface area is 153 Å². The molecule has 0 aromatic heterocycles. The number of hydrogen-bond donors (Lipinski definition) is 1. The van der Waals surface area contributed by atoms with Gasteiger partial charge < -0.3 is 5.11 Å². The van der Waals surface area contributed by atoms with Crippen LogP contribution in [0.5, 0.6) is 0 Å². The highest BCUT2D eigenvalue weighted by atomic mass is 32.2. The van der Waals surface area contributed by atoms with Crippen molar-refractivity contribution in [1.29, 1.82) is 0 Å². The van der Waals surface area contributed by atoms with Gasteiger partial charge in [0.05, 0.1) is 16.9 Å². The summed E-state index contributed by atoms with van der Waals surface area (Å²) in [5.41, 5.74) is 2.19. The highest BCUT2D eigenvalue weighted by Crippen LogP contribution is 2.19. The van der Waals surface area contributed by atoms with E-state index in [0.717, 1.165) is 16.0 Å². The van der Waals surface area contributed by atoms with E-state index in [1.807, 2.05) is 73.7 Å². The second-order valence-corrected chi connectivity index (χ2v) is 7.99. The van der Waals surface area contributed by atoms with Crippen LogP contribution in [0.25, 0.3) is 0 Å². The standard InChI is InChI=1S/C22H26O2S/c1-17(2)9-12-22(25(24)21-13-10-18(3)11-14-21)16-20(23)15-19-7-5-4-6-8-19/h4-14,16-17,20,23H,15H2,1-3H3/b12-9+,22-16-/t20-,25?/m0/s1. The van der Waals surface area contributed by atoms with Gasteiger partial charge in [0.2, 0.25) is 0 Å². The third-order valence-corrected chi connectivity index (χ3v) is 5.14. The lowest BCUT2D eigenvalue weighted by molar-refractivity contribution is 0.223. The summed E-state index contributed by atoms with van der Waals surface area (Å²) < 4.78 is 12.9. The number of rotatable bonds is 7. The molecular formula is C22H26O2S. The number of hydrogen-bond acceptors (Lipinski definition) is 2. The van der Waals surface area contributed by atoms with Gasteiger partial charge in [-0.1, -0.05) is 68.0 Å². The van der Waals surface area contributed by atoms with Crippen molar-refractivity contribution >= 4 is 10.8 Å². The Hall–Kier alpha value is -1.97. The lowest BCUT2D eigenvalue weighted by Gasteiger charge is -2.10. The maximum absolute atomic E-state index is 12.9. The third kappa shape index (κ3) is 6.45. The first-order valence-corrected chi connectivity index (χ1v) is 9.71. The molecule has 2 nitrogen and oxygen atoms in total.